The lowest BCUT2D eigenvalue weighted by molar-refractivity contribution is -0.140. The largest absolute Gasteiger partial charge is 0.350 e. The van der Waals surface area contributed by atoms with Crippen molar-refractivity contribution in [1.29, 1.82) is 0 Å². The molecule has 3 aliphatic heterocycles. The van der Waals surface area contributed by atoms with Crippen LogP contribution in [0.4, 0.5) is 0 Å². The smallest absolute Gasteiger partial charge is 0.240 e. The zero-order valence-electron chi connectivity index (χ0n) is 12.1. The molecule has 5 nitrogen and oxygen atoms in total. The molecule has 0 radical (unpaired) electrons. The van der Waals surface area contributed by atoms with Crippen molar-refractivity contribution in [2.45, 2.75) is 70.2 Å². The molecule has 0 unspecified atom stereocenters. The highest BCUT2D eigenvalue weighted by atomic mass is 16.2. The number of piperazine rings is 1. The van der Waals surface area contributed by atoms with E-state index in [2.05, 4.69) is 10.2 Å². The predicted octanol–water partition coefficient (Wildman–Crippen LogP) is 0.347. The van der Waals surface area contributed by atoms with Gasteiger partial charge in [-0.3, -0.25) is 14.5 Å². The Hall–Kier alpha value is -1.10. The number of amides is 2. The molecule has 2 amide bonds. The van der Waals surface area contributed by atoms with Crippen LogP contribution in [0.15, 0.2) is 0 Å². The van der Waals surface area contributed by atoms with Gasteiger partial charge in [0.2, 0.25) is 11.8 Å². The molecule has 4 atom stereocenters. The zero-order chi connectivity index (χ0) is 13.9. The lowest BCUT2D eigenvalue weighted by Crippen LogP contribution is -2.61. The van der Waals surface area contributed by atoms with E-state index in [1.54, 1.807) is 0 Å². The summed E-state index contributed by atoms with van der Waals surface area (Å²) in [6, 6.07) is 0.0920. The van der Waals surface area contributed by atoms with E-state index < -0.39 is 0 Å². The van der Waals surface area contributed by atoms with Crippen molar-refractivity contribution in [2.24, 2.45) is 0 Å². The van der Waals surface area contributed by atoms with Crippen LogP contribution in [0.25, 0.3) is 0 Å². The third kappa shape index (κ3) is 1.95. The SMILES string of the molecule is C[C@H]1[C@H]2[C@@H](C(=O)NC(C)(C)C)N3CCC[C@H]3C(=O)N21. The van der Waals surface area contributed by atoms with Crippen LogP contribution in [-0.4, -0.2) is 57.9 Å². The maximum absolute atomic E-state index is 12.6. The normalized spacial score (nSPS) is 37.9. The van der Waals surface area contributed by atoms with Gasteiger partial charge >= 0.3 is 0 Å². The van der Waals surface area contributed by atoms with Crippen LogP contribution in [0.5, 0.6) is 0 Å². The van der Waals surface area contributed by atoms with Crippen molar-refractivity contribution in [1.82, 2.24) is 15.1 Å². The molecule has 0 aliphatic carbocycles. The molecule has 0 aromatic rings. The van der Waals surface area contributed by atoms with E-state index in [1.807, 2.05) is 32.6 Å². The van der Waals surface area contributed by atoms with Gasteiger partial charge in [-0.2, -0.15) is 0 Å². The van der Waals surface area contributed by atoms with Gasteiger partial charge in [0.25, 0.3) is 0 Å². The highest BCUT2D eigenvalue weighted by Crippen LogP contribution is 2.42. The Morgan fingerprint density at radius 2 is 2.05 bits per heavy atom. The van der Waals surface area contributed by atoms with Crippen LogP contribution in [0.1, 0.15) is 40.5 Å². The summed E-state index contributed by atoms with van der Waals surface area (Å²) in [7, 11) is 0. The van der Waals surface area contributed by atoms with Gasteiger partial charge in [-0.1, -0.05) is 0 Å². The minimum atomic E-state index is -0.225. The topological polar surface area (TPSA) is 52.4 Å². The van der Waals surface area contributed by atoms with E-state index in [1.165, 1.54) is 0 Å². The Morgan fingerprint density at radius 1 is 1.37 bits per heavy atom. The van der Waals surface area contributed by atoms with Crippen LogP contribution < -0.4 is 5.32 Å². The molecule has 0 bridgehead atoms. The summed E-state index contributed by atoms with van der Waals surface area (Å²) in [6.07, 6.45) is 1.92. The maximum atomic E-state index is 12.6. The lowest BCUT2D eigenvalue weighted by atomic mass is 10.0. The molecule has 5 heteroatoms. The van der Waals surface area contributed by atoms with Crippen molar-refractivity contribution in [3.63, 3.8) is 0 Å². The van der Waals surface area contributed by atoms with E-state index >= 15 is 0 Å². The molecule has 19 heavy (non-hydrogen) atoms. The van der Waals surface area contributed by atoms with Crippen molar-refractivity contribution >= 4 is 11.8 Å². The lowest BCUT2D eigenvalue weighted by Gasteiger charge is -2.37. The van der Waals surface area contributed by atoms with Gasteiger partial charge in [-0.25, -0.2) is 0 Å². The molecule has 1 N–H and O–H groups in total. The Kier molecular flexibility index (Phi) is 2.68. The zero-order valence-corrected chi connectivity index (χ0v) is 12.1. The van der Waals surface area contributed by atoms with E-state index in [0.29, 0.717) is 0 Å². The molecule has 3 heterocycles. The number of hydrogen-bond acceptors (Lipinski definition) is 3. The number of hydrogen-bond donors (Lipinski definition) is 1. The first kappa shape index (κ1) is 12.9. The molecule has 0 spiro atoms. The Bertz CT molecular complexity index is 429. The number of fused-ring (bicyclic) bond motifs is 2. The molecule has 3 aliphatic rings. The second-order valence-corrected chi connectivity index (χ2v) is 7.06. The molecule has 0 aromatic heterocycles. The summed E-state index contributed by atoms with van der Waals surface area (Å²) in [5, 5.41) is 3.08. The first-order valence-electron chi connectivity index (χ1n) is 7.21. The summed E-state index contributed by atoms with van der Waals surface area (Å²) in [5.41, 5.74) is -0.225. The Morgan fingerprint density at radius 3 is 2.68 bits per heavy atom. The van der Waals surface area contributed by atoms with Gasteiger partial charge in [0.15, 0.2) is 0 Å². The van der Waals surface area contributed by atoms with Gasteiger partial charge in [0.05, 0.1) is 18.1 Å². The molecule has 106 valence electrons. The fourth-order valence-corrected chi connectivity index (χ4v) is 3.64. The molecular formula is C14H23N3O2. The average molecular weight is 265 g/mol. The summed E-state index contributed by atoms with van der Waals surface area (Å²) in [5.74, 6) is 0.307. The summed E-state index contributed by atoms with van der Waals surface area (Å²) in [6.45, 7) is 8.90. The highest BCUT2D eigenvalue weighted by Gasteiger charge is 2.63. The fourth-order valence-electron chi connectivity index (χ4n) is 3.64. The summed E-state index contributed by atoms with van der Waals surface area (Å²) >= 11 is 0. The Labute approximate surface area is 114 Å². The second kappa shape index (κ2) is 3.95. The standard InChI is InChI=1S/C14H23N3O2/c1-8-10-11(12(18)15-14(2,3)4)16-7-5-6-9(16)13(19)17(8)10/h8-11H,5-7H2,1-4H3,(H,15,18)/t8-,9-,10-,11-,17?/m0/s1. The monoisotopic (exact) mass is 265 g/mol. The van der Waals surface area contributed by atoms with E-state index in [-0.39, 0.29) is 41.5 Å². The highest BCUT2D eigenvalue weighted by molar-refractivity contribution is 5.93. The van der Waals surface area contributed by atoms with Crippen molar-refractivity contribution in [3.05, 3.63) is 0 Å². The summed E-state index contributed by atoms with van der Waals surface area (Å²) < 4.78 is 0. The number of nitrogens with zero attached hydrogens (tertiary/aromatic N) is 2. The van der Waals surface area contributed by atoms with Gasteiger partial charge in [-0.15, -0.1) is 0 Å². The van der Waals surface area contributed by atoms with Gasteiger partial charge in [-0.05, 0) is 47.1 Å². The Balaban J connectivity index is 1.84. The average Bonchev–Trinajstić information content (AvgIpc) is 2.74. The predicted molar refractivity (Wildman–Crippen MR) is 71.5 cm³/mol. The minimum absolute atomic E-state index is 0.0584. The fraction of sp³-hybridized carbons (Fsp3) is 0.857. The molecular weight excluding hydrogens is 242 g/mol. The van der Waals surface area contributed by atoms with Gasteiger partial charge in [0, 0.05) is 5.54 Å². The molecule has 0 aromatic carbocycles. The van der Waals surface area contributed by atoms with Gasteiger partial charge in [0.1, 0.15) is 6.04 Å². The van der Waals surface area contributed by atoms with Crippen LogP contribution in [0.2, 0.25) is 0 Å². The molecule has 3 fully saturated rings. The van der Waals surface area contributed by atoms with E-state index in [9.17, 15) is 9.59 Å². The quantitative estimate of drug-likeness (QED) is 0.696. The van der Waals surface area contributed by atoms with Crippen LogP contribution in [0.3, 0.4) is 0 Å². The van der Waals surface area contributed by atoms with Crippen LogP contribution in [-0.2, 0) is 9.59 Å². The van der Waals surface area contributed by atoms with Gasteiger partial charge < -0.3 is 10.2 Å². The summed E-state index contributed by atoms with van der Waals surface area (Å²) in [4.78, 5) is 28.9. The third-order valence-corrected chi connectivity index (χ3v) is 4.45. The molecule has 0 saturated carbocycles. The van der Waals surface area contributed by atoms with E-state index in [0.717, 1.165) is 19.4 Å². The van der Waals surface area contributed by atoms with Crippen molar-refractivity contribution < 1.29 is 9.59 Å². The maximum Gasteiger partial charge on any atom is 0.240 e. The van der Waals surface area contributed by atoms with Crippen molar-refractivity contribution in [2.75, 3.05) is 6.54 Å². The number of rotatable bonds is 1. The molecule has 3 saturated heterocycles. The third-order valence-electron chi connectivity index (χ3n) is 4.45. The molecule has 3 rings (SSSR count). The van der Waals surface area contributed by atoms with Crippen LogP contribution in [0, 0.1) is 0 Å². The minimum Gasteiger partial charge on any atom is -0.350 e. The van der Waals surface area contributed by atoms with E-state index in [4.69, 9.17) is 0 Å². The second-order valence-electron chi connectivity index (χ2n) is 7.06. The van der Waals surface area contributed by atoms with Crippen molar-refractivity contribution in [3.8, 4) is 0 Å². The van der Waals surface area contributed by atoms with Crippen LogP contribution >= 0.6 is 0 Å². The number of nitrogens with one attached hydrogen (secondary N) is 1. The number of carbonyl (C=O) groups excluding carboxylic acids is 2. The first-order valence-corrected chi connectivity index (χ1v) is 7.21. The first-order chi connectivity index (χ1) is 8.81. The number of carbonyl (C=O) groups is 2.